The molecule has 1 aliphatic rings. The van der Waals surface area contributed by atoms with Crippen molar-refractivity contribution in [2.24, 2.45) is 5.92 Å². The van der Waals surface area contributed by atoms with Crippen molar-refractivity contribution in [3.63, 3.8) is 0 Å². The average Bonchev–Trinajstić information content (AvgIpc) is 2.55. The van der Waals surface area contributed by atoms with Crippen LogP contribution >= 0.6 is 15.9 Å². The first-order valence-corrected chi connectivity index (χ1v) is 8.95. The number of hydrogen-bond acceptors (Lipinski definition) is 3. The van der Waals surface area contributed by atoms with Gasteiger partial charge in [0.25, 0.3) is 5.91 Å². The molecule has 0 unspecified atom stereocenters. The Morgan fingerprint density at radius 1 is 1.27 bits per heavy atom. The van der Waals surface area contributed by atoms with Crippen LogP contribution in [0.2, 0.25) is 0 Å². The summed E-state index contributed by atoms with van der Waals surface area (Å²) < 4.78 is 19.6. The molecule has 1 heterocycles. The molecule has 0 spiro atoms. The fraction of sp³-hybridized carbons (Fsp3) is 0.263. The summed E-state index contributed by atoms with van der Waals surface area (Å²) in [4.78, 5) is 25.9. The largest absolute Gasteiger partial charge is 0.481 e. The van der Waals surface area contributed by atoms with Gasteiger partial charge in [-0.2, -0.15) is 0 Å². The molecule has 136 valence electrons. The molecule has 1 fully saturated rings. The second kappa shape index (κ2) is 7.86. The number of carbonyl (C=O) groups excluding carboxylic acids is 2. The third kappa shape index (κ3) is 4.22. The molecule has 0 aliphatic carbocycles. The SMILES string of the molecule is Cc1cc(Br)ccc1NC(=O)C1CN(C(=O)COc2ccccc2F)C1. The van der Waals surface area contributed by atoms with Gasteiger partial charge >= 0.3 is 0 Å². The first kappa shape index (κ1) is 18.4. The molecule has 1 N–H and O–H groups in total. The molecule has 0 saturated carbocycles. The van der Waals surface area contributed by atoms with Gasteiger partial charge in [-0.05, 0) is 42.8 Å². The average molecular weight is 421 g/mol. The Labute approximate surface area is 159 Å². The lowest BCUT2D eigenvalue weighted by Gasteiger charge is -2.38. The molecule has 1 aliphatic heterocycles. The quantitative estimate of drug-likeness (QED) is 0.806. The molecular weight excluding hydrogens is 403 g/mol. The highest BCUT2D eigenvalue weighted by molar-refractivity contribution is 9.10. The summed E-state index contributed by atoms with van der Waals surface area (Å²) in [6.07, 6.45) is 0. The molecule has 2 amide bonds. The van der Waals surface area contributed by atoms with Crippen LogP contribution in [0.25, 0.3) is 0 Å². The van der Waals surface area contributed by atoms with Gasteiger partial charge in [0, 0.05) is 23.2 Å². The number of nitrogens with one attached hydrogen (secondary N) is 1. The maximum absolute atomic E-state index is 13.5. The standard InChI is InChI=1S/C19H18BrFN2O3/c1-12-8-14(20)6-7-16(12)22-19(25)13-9-23(10-13)18(24)11-26-17-5-3-2-4-15(17)21/h2-8,13H,9-11H2,1H3,(H,22,25). The van der Waals surface area contributed by atoms with E-state index in [-0.39, 0.29) is 30.1 Å². The second-order valence-electron chi connectivity index (χ2n) is 6.16. The zero-order chi connectivity index (χ0) is 18.7. The molecule has 0 atom stereocenters. The van der Waals surface area contributed by atoms with Gasteiger partial charge in [-0.25, -0.2) is 4.39 Å². The minimum Gasteiger partial charge on any atom is -0.481 e. The number of para-hydroxylation sites is 1. The first-order valence-electron chi connectivity index (χ1n) is 8.16. The number of carbonyl (C=O) groups is 2. The predicted octanol–water partition coefficient (Wildman–Crippen LogP) is 3.37. The Kier molecular flexibility index (Phi) is 5.56. The van der Waals surface area contributed by atoms with Crippen LogP contribution in [0, 0.1) is 18.7 Å². The van der Waals surface area contributed by atoms with Gasteiger partial charge in [0.15, 0.2) is 18.2 Å². The number of aryl methyl sites for hydroxylation is 1. The highest BCUT2D eigenvalue weighted by atomic mass is 79.9. The molecule has 0 radical (unpaired) electrons. The smallest absolute Gasteiger partial charge is 0.260 e. The van der Waals surface area contributed by atoms with E-state index in [1.807, 2.05) is 25.1 Å². The summed E-state index contributed by atoms with van der Waals surface area (Å²) in [5.41, 5.74) is 1.71. The van der Waals surface area contributed by atoms with Gasteiger partial charge in [-0.1, -0.05) is 28.1 Å². The summed E-state index contributed by atoms with van der Waals surface area (Å²) in [5.74, 6) is -1.10. The maximum atomic E-state index is 13.5. The van der Waals surface area contributed by atoms with E-state index in [2.05, 4.69) is 21.2 Å². The zero-order valence-electron chi connectivity index (χ0n) is 14.2. The number of hydrogen-bond donors (Lipinski definition) is 1. The Morgan fingerprint density at radius 2 is 2.00 bits per heavy atom. The van der Waals surface area contributed by atoms with Gasteiger partial charge < -0.3 is 15.0 Å². The van der Waals surface area contributed by atoms with Crippen LogP contribution in [-0.4, -0.2) is 36.4 Å². The van der Waals surface area contributed by atoms with E-state index in [4.69, 9.17) is 4.74 Å². The van der Waals surface area contributed by atoms with E-state index in [1.54, 1.807) is 12.1 Å². The highest BCUT2D eigenvalue weighted by Gasteiger charge is 2.35. The van der Waals surface area contributed by atoms with Gasteiger partial charge in [0.1, 0.15) is 0 Å². The Hall–Kier alpha value is -2.41. The van der Waals surface area contributed by atoms with E-state index in [0.29, 0.717) is 13.1 Å². The van der Waals surface area contributed by atoms with Crippen LogP contribution in [0.15, 0.2) is 46.9 Å². The van der Waals surface area contributed by atoms with Crippen molar-refractivity contribution in [2.75, 3.05) is 25.0 Å². The lowest BCUT2D eigenvalue weighted by atomic mass is 9.99. The number of benzene rings is 2. The minimum atomic E-state index is -0.508. The predicted molar refractivity (Wildman–Crippen MR) is 99.5 cm³/mol. The molecule has 7 heteroatoms. The Balaban J connectivity index is 1.46. The maximum Gasteiger partial charge on any atom is 0.260 e. The van der Waals surface area contributed by atoms with Crippen LogP contribution in [-0.2, 0) is 9.59 Å². The molecule has 2 aromatic carbocycles. The van der Waals surface area contributed by atoms with Crippen LogP contribution in [0.1, 0.15) is 5.56 Å². The topological polar surface area (TPSA) is 58.6 Å². The monoisotopic (exact) mass is 420 g/mol. The van der Waals surface area contributed by atoms with Gasteiger partial charge in [0.2, 0.25) is 5.91 Å². The fourth-order valence-electron chi connectivity index (χ4n) is 2.64. The molecular formula is C19H18BrFN2O3. The van der Waals surface area contributed by atoms with E-state index < -0.39 is 5.82 Å². The van der Waals surface area contributed by atoms with Crippen molar-refractivity contribution in [3.05, 3.63) is 58.3 Å². The van der Waals surface area contributed by atoms with Crippen molar-refractivity contribution in [1.29, 1.82) is 0 Å². The van der Waals surface area contributed by atoms with Crippen LogP contribution in [0.5, 0.6) is 5.75 Å². The third-order valence-electron chi connectivity index (χ3n) is 4.24. The normalized spacial score (nSPS) is 13.9. The highest BCUT2D eigenvalue weighted by Crippen LogP contribution is 2.23. The number of halogens is 2. The summed E-state index contributed by atoms with van der Waals surface area (Å²) in [6, 6.07) is 11.5. The molecule has 1 saturated heterocycles. The number of amides is 2. The van der Waals surface area contributed by atoms with Gasteiger partial charge in [-0.15, -0.1) is 0 Å². The summed E-state index contributed by atoms with van der Waals surface area (Å²) >= 11 is 3.38. The second-order valence-corrected chi connectivity index (χ2v) is 7.08. The molecule has 0 bridgehead atoms. The molecule has 5 nitrogen and oxygen atoms in total. The lowest BCUT2D eigenvalue weighted by molar-refractivity contribution is -0.143. The van der Waals surface area contributed by atoms with Crippen LogP contribution in [0.3, 0.4) is 0 Å². The number of rotatable bonds is 5. The summed E-state index contributed by atoms with van der Waals surface area (Å²) in [5, 5.41) is 2.89. The molecule has 3 rings (SSSR count). The summed E-state index contributed by atoms with van der Waals surface area (Å²) in [6.45, 7) is 2.33. The fourth-order valence-corrected chi connectivity index (χ4v) is 3.12. The van der Waals surface area contributed by atoms with E-state index in [9.17, 15) is 14.0 Å². The van der Waals surface area contributed by atoms with Gasteiger partial charge in [-0.3, -0.25) is 9.59 Å². The Bertz CT molecular complexity index is 837. The molecule has 26 heavy (non-hydrogen) atoms. The van der Waals surface area contributed by atoms with Gasteiger partial charge in [0.05, 0.1) is 5.92 Å². The van der Waals surface area contributed by atoms with Crippen molar-refractivity contribution in [1.82, 2.24) is 4.90 Å². The summed E-state index contributed by atoms with van der Waals surface area (Å²) in [7, 11) is 0. The van der Waals surface area contributed by atoms with Crippen molar-refractivity contribution < 1.29 is 18.7 Å². The van der Waals surface area contributed by atoms with Crippen molar-refractivity contribution in [3.8, 4) is 5.75 Å². The zero-order valence-corrected chi connectivity index (χ0v) is 15.8. The van der Waals surface area contributed by atoms with Crippen molar-refractivity contribution in [2.45, 2.75) is 6.92 Å². The number of anilines is 1. The van der Waals surface area contributed by atoms with E-state index in [0.717, 1.165) is 15.7 Å². The number of nitrogens with zero attached hydrogens (tertiary/aromatic N) is 1. The molecule has 0 aromatic heterocycles. The van der Waals surface area contributed by atoms with Crippen LogP contribution < -0.4 is 10.1 Å². The molecule has 2 aromatic rings. The number of ether oxygens (including phenoxy) is 1. The third-order valence-corrected chi connectivity index (χ3v) is 4.73. The first-order chi connectivity index (χ1) is 12.4. The van der Waals surface area contributed by atoms with E-state index >= 15 is 0 Å². The number of likely N-dealkylation sites (tertiary alicyclic amines) is 1. The minimum absolute atomic E-state index is 0.0429. The lowest BCUT2D eigenvalue weighted by Crippen LogP contribution is -2.55. The van der Waals surface area contributed by atoms with E-state index in [1.165, 1.54) is 17.0 Å². The Morgan fingerprint density at radius 3 is 2.69 bits per heavy atom. The van der Waals surface area contributed by atoms with Crippen molar-refractivity contribution >= 4 is 33.4 Å². The van der Waals surface area contributed by atoms with Crippen LogP contribution in [0.4, 0.5) is 10.1 Å².